The summed E-state index contributed by atoms with van der Waals surface area (Å²) in [6.45, 7) is 15.4. The van der Waals surface area contributed by atoms with Crippen molar-refractivity contribution < 1.29 is 0 Å². The smallest absolute Gasteiger partial charge is 0.0218 e. The Balaban J connectivity index is 2.64. The molecule has 0 aromatic heterocycles. The number of rotatable bonds is 4. The SMILES string of the molecule is CCCC(C)(C)N1CCCNC(C(C)C)C1. The van der Waals surface area contributed by atoms with E-state index in [1.807, 2.05) is 0 Å². The maximum absolute atomic E-state index is 3.68. The minimum absolute atomic E-state index is 0.369. The van der Waals surface area contributed by atoms with Crippen molar-refractivity contribution in [2.24, 2.45) is 5.92 Å². The minimum atomic E-state index is 0.369. The van der Waals surface area contributed by atoms with Crippen LogP contribution in [0.15, 0.2) is 0 Å². The molecule has 0 radical (unpaired) electrons. The molecule has 16 heavy (non-hydrogen) atoms. The maximum Gasteiger partial charge on any atom is 0.0218 e. The van der Waals surface area contributed by atoms with Gasteiger partial charge in [-0.15, -0.1) is 0 Å². The van der Waals surface area contributed by atoms with Crippen LogP contribution in [0.4, 0.5) is 0 Å². The van der Waals surface area contributed by atoms with Crippen molar-refractivity contribution >= 4 is 0 Å². The molecule has 0 spiro atoms. The van der Waals surface area contributed by atoms with Gasteiger partial charge in [-0.05, 0) is 45.7 Å². The van der Waals surface area contributed by atoms with E-state index in [2.05, 4.69) is 44.8 Å². The lowest BCUT2D eigenvalue weighted by molar-refractivity contribution is 0.101. The lowest BCUT2D eigenvalue weighted by Crippen LogP contribution is -2.49. The predicted molar refractivity (Wildman–Crippen MR) is 71.8 cm³/mol. The molecule has 0 saturated carbocycles. The monoisotopic (exact) mass is 226 g/mol. The van der Waals surface area contributed by atoms with Gasteiger partial charge in [-0.3, -0.25) is 4.90 Å². The average molecular weight is 226 g/mol. The van der Waals surface area contributed by atoms with Crippen LogP contribution in [-0.2, 0) is 0 Å². The van der Waals surface area contributed by atoms with Crippen LogP contribution in [0.5, 0.6) is 0 Å². The second kappa shape index (κ2) is 6.02. The van der Waals surface area contributed by atoms with Gasteiger partial charge in [0.05, 0.1) is 0 Å². The van der Waals surface area contributed by atoms with E-state index in [1.165, 1.54) is 38.9 Å². The van der Waals surface area contributed by atoms with Crippen LogP contribution in [0.3, 0.4) is 0 Å². The number of nitrogens with zero attached hydrogens (tertiary/aromatic N) is 1. The van der Waals surface area contributed by atoms with Gasteiger partial charge in [0.2, 0.25) is 0 Å². The Morgan fingerprint density at radius 2 is 2.06 bits per heavy atom. The van der Waals surface area contributed by atoms with Crippen molar-refractivity contribution in [3.05, 3.63) is 0 Å². The molecule has 0 amide bonds. The molecule has 1 atom stereocenters. The van der Waals surface area contributed by atoms with Crippen LogP contribution in [0.25, 0.3) is 0 Å². The highest BCUT2D eigenvalue weighted by Gasteiger charge is 2.30. The third kappa shape index (κ3) is 3.74. The third-order valence-corrected chi connectivity index (χ3v) is 3.95. The molecule has 1 unspecified atom stereocenters. The molecule has 1 N–H and O–H groups in total. The Hall–Kier alpha value is -0.0800. The molecule has 1 rings (SSSR count). The second-order valence-electron chi connectivity index (χ2n) is 6.17. The fourth-order valence-electron chi connectivity index (χ4n) is 2.72. The van der Waals surface area contributed by atoms with E-state index >= 15 is 0 Å². The van der Waals surface area contributed by atoms with Crippen LogP contribution in [0.1, 0.15) is 53.9 Å². The molecule has 2 heteroatoms. The van der Waals surface area contributed by atoms with Gasteiger partial charge in [-0.25, -0.2) is 0 Å². The summed E-state index contributed by atoms with van der Waals surface area (Å²) < 4.78 is 0. The minimum Gasteiger partial charge on any atom is -0.312 e. The first-order chi connectivity index (χ1) is 7.47. The lowest BCUT2D eigenvalue weighted by Gasteiger charge is -2.40. The number of hydrogen-bond donors (Lipinski definition) is 1. The first-order valence-corrected chi connectivity index (χ1v) is 6.96. The molecule has 0 aromatic rings. The van der Waals surface area contributed by atoms with Gasteiger partial charge in [0.25, 0.3) is 0 Å². The van der Waals surface area contributed by atoms with E-state index in [-0.39, 0.29) is 0 Å². The molecule has 0 aromatic carbocycles. The number of nitrogens with one attached hydrogen (secondary N) is 1. The van der Waals surface area contributed by atoms with Crippen LogP contribution in [0, 0.1) is 5.92 Å². The van der Waals surface area contributed by atoms with Crippen LogP contribution >= 0.6 is 0 Å². The molecule has 1 fully saturated rings. The fraction of sp³-hybridized carbons (Fsp3) is 1.00. The van der Waals surface area contributed by atoms with Gasteiger partial charge in [-0.2, -0.15) is 0 Å². The quantitative estimate of drug-likeness (QED) is 0.793. The van der Waals surface area contributed by atoms with Crippen molar-refractivity contribution in [1.82, 2.24) is 10.2 Å². The highest BCUT2D eigenvalue weighted by Crippen LogP contribution is 2.23. The van der Waals surface area contributed by atoms with Crippen molar-refractivity contribution in [3.63, 3.8) is 0 Å². The molecule has 0 bridgehead atoms. The molecule has 0 aliphatic carbocycles. The summed E-state index contributed by atoms with van der Waals surface area (Å²) in [6, 6.07) is 0.665. The molecule has 1 saturated heterocycles. The molecule has 96 valence electrons. The normalized spacial score (nSPS) is 24.8. The zero-order valence-corrected chi connectivity index (χ0v) is 11.8. The fourth-order valence-corrected chi connectivity index (χ4v) is 2.72. The van der Waals surface area contributed by atoms with E-state index < -0.39 is 0 Å². The third-order valence-electron chi connectivity index (χ3n) is 3.95. The summed E-state index contributed by atoms with van der Waals surface area (Å²) >= 11 is 0. The van der Waals surface area contributed by atoms with Crippen molar-refractivity contribution in [2.45, 2.75) is 65.5 Å². The largest absolute Gasteiger partial charge is 0.312 e. The Labute approximate surface area is 102 Å². The van der Waals surface area contributed by atoms with Crippen LogP contribution in [-0.4, -0.2) is 36.1 Å². The summed E-state index contributed by atoms with van der Waals surface area (Å²) in [4.78, 5) is 2.70. The standard InChI is InChI=1S/C14H30N2/c1-6-8-14(4,5)16-10-7-9-15-13(11-16)12(2)3/h12-13,15H,6-11H2,1-5H3. The van der Waals surface area contributed by atoms with Crippen LogP contribution < -0.4 is 5.32 Å². The average Bonchev–Trinajstić information content (AvgIpc) is 2.42. The maximum atomic E-state index is 3.68. The van der Waals surface area contributed by atoms with Gasteiger partial charge in [0.15, 0.2) is 0 Å². The van der Waals surface area contributed by atoms with Crippen molar-refractivity contribution in [1.29, 1.82) is 0 Å². The topological polar surface area (TPSA) is 15.3 Å². The summed E-state index contributed by atoms with van der Waals surface area (Å²) in [5, 5.41) is 3.68. The Morgan fingerprint density at radius 1 is 1.38 bits per heavy atom. The zero-order valence-electron chi connectivity index (χ0n) is 11.8. The Morgan fingerprint density at radius 3 is 2.62 bits per heavy atom. The summed E-state index contributed by atoms with van der Waals surface area (Å²) in [6.07, 6.45) is 3.87. The van der Waals surface area contributed by atoms with E-state index in [1.54, 1.807) is 0 Å². The lowest BCUT2D eigenvalue weighted by atomic mass is 9.94. The van der Waals surface area contributed by atoms with E-state index in [9.17, 15) is 0 Å². The van der Waals surface area contributed by atoms with Gasteiger partial charge in [-0.1, -0.05) is 27.2 Å². The number of hydrogen-bond acceptors (Lipinski definition) is 2. The van der Waals surface area contributed by atoms with Gasteiger partial charge >= 0.3 is 0 Å². The van der Waals surface area contributed by atoms with E-state index in [4.69, 9.17) is 0 Å². The molecule has 1 aliphatic heterocycles. The highest BCUT2D eigenvalue weighted by molar-refractivity contribution is 4.87. The second-order valence-corrected chi connectivity index (χ2v) is 6.17. The summed E-state index contributed by atoms with van der Waals surface area (Å²) in [5.41, 5.74) is 0.369. The van der Waals surface area contributed by atoms with Crippen LogP contribution in [0.2, 0.25) is 0 Å². The molecule has 1 heterocycles. The predicted octanol–water partition coefficient (Wildman–Crippen LogP) is 2.89. The molecule has 1 aliphatic rings. The molecular weight excluding hydrogens is 196 g/mol. The molecular formula is C14H30N2. The summed E-state index contributed by atoms with van der Waals surface area (Å²) in [7, 11) is 0. The highest BCUT2D eigenvalue weighted by atomic mass is 15.2. The summed E-state index contributed by atoms with van der Waals surface area (Å²) in [5.74, 6) is 0.734. The Kier molecular flexibility index (Phi) is 5.26. The molecule has 2 nitrogen and oxygen atoms in total. The van der Waals surface area contributed by atoms with E-state index in [0.29, 0.717) is 11.6 Å². The Bertz CT molecular complexity index is 199. The van der Waals surface area contributed by atoms with Crippen molar-refractivity contribution in [3.8, 4) is 0 Å². The van der Waals surface area contributed by atoms with Gasteiger partial charge in [0.1, 0.15) is 0 Å². The van der Waals surface area contributed by atoms with E-state index in [0.717, 1.165) is 5.92 Å². The van der Waals surface area contributed by atoms with Gasteiger partial charge in [0, 0.05) is 18.1 Å². The first kappa shape index (κ1) is 14.0. The van der Waals surface area contributed by atoms with Crippen molar-refractivity contribution in [2.75, 3.05) is 19.6 Å². The zero-order chi connectivity index (χ0) is 12.2. The van der Waals surface area contributed by atoms with Gasteiger partial charge < -0.3 is 5.32 Å². The first-order valence-electron chi connectivity index (χ1n) is 6.96.